The molecule has 2 aromatic carbocycles. The van der Waals surface area contributed by atoms with E-state index in [-0.39, 0.29) is 29.6 Å². The van der Waals surface area contributed by atoms with Crippen molar-refractivity contribution in [2.45, 2.75) is 32.2 Å². The largest absolute Gasteiger partial charge is 0.454 e. The van der Waals surface area contributed by atoms with E-state index < -0.39 is 18.6 Å². The number of hydrogen-bond acceptors (Lipinski definition) is 6. The zero-order chi connectivity index (χ0) is 23.5. The average molecular weight is 469 g/mol. The molecule has 2 heterocycles. The zero-order valence-corrected chi connectivity index (χ0v) is 19.1. The molecule has 0 saturated carbocycles. The van der Waals surface area contributed by atoms with Gasteiger partial charge in [0.15, 0.2) is 12.4 Å². The van der Waals surface area contributed by atoms with Crippen LogP contribution >= 0.6 is 11.6 Å². The Morgan fingerprint density at radius 3 is 2.21 bits per heavy atom. The molecule has 0 bridgehead atoms. The van der Waals surface area contributed by atoms with Crippen LogP contribution in [0.1, 0.15) is 46.9 Å². The molecular weight excluding hydrogens is 444 g/mol. The number of ketones is 1. The summed E-state index contributed by atoms with van der Waals surface area (Å²) in [5, 5.41) is 0.510. The van der Waals surface area contributed by atoms with Crippen molar-refractivity contribution in [3.8, 4) is 0 Å². The summed E-state index contributed by atoms with van der Waals surface area (Å²) in [5.74, 6) is -0.837. The first-order valence-electron chi connectivity index (χ1n) is 11.0. The standard InChI is InChI=1S/C25H25ClN2O5/c1-16-10-12-27(13-11-16)21-14-23(30)28(24(21)31)20-8-4-18(5-9-20)25(32)33-15-22(29)17-2-6-19(26)7-3-17/h2-9,16,21H,10-15H2,1H3. The SMILES string of the molecule is CC1CCN(C2CC(=O)N(c3ccc(C(=O)OCC(=O)c4ccc(Cl)cc4)cc3)C2=O)CC1. The van der Waals surface area contributed by atoms with Crippen molar-refractivity contribution in [3.05, 3.63) is 64.7 Å². The molecule has 7 nitrogen and oxygen atoms in total. The molecule has 2 fully saturated rings. The van der Waals surface area contributed by atoms with Crippen molar-refractivity contribution in [2.75, 3.05) is 24.6 Å². The Hall–Kier alpha value is -3.03. The molecule has 2 saturated heterocycles. The molecule has 2 aliphatic rings. The second kappa shape index (κ2) is 9.85. The molecule has 2 amide bonds. The Morgan fingerprint density at radius 1 is 0.970 bits per heavy atom. The number of Topliss-reactive ketones (excluding diaryl/α,β-unsaturated/α-hetero) is 1. The Kier molecular flexibility index (Phi) is 6.91. The number of esters is 1. The zero-order valence-electron chi connectivity index (χ0n) is 18.3. The lowest BCUT2D eigenvalue weighted by molar-refractivity contribution is -0.123. The topological polar surface area (TPSA) is 84.0 Å². The van der Waals surface area contributed by atoms with Gasteiger partial charge in [-0.2, -0.15) is 0 Å². The molecule has 0 radical (unpaired) electrons. The van der Waals surface area contributed by atoms with Gasteiger partial charge in [0.1, 0.15) is 0 Å². The maximum absolute atomic E-state index is 13.0. The summed E-state index contributed by atoms with van der Waals surface area (Å²) in [6, 6.07) is 12.0. The van der Waals surface area contributed by atoms with Crippen LogP contribution in [0.3, 0.4) is 0 Å². The maximum atomic E-state index is 13.0. The molecule has 1 atom stereocenters. The number of piperidine rings is 1. The Morgan fingerprint density at radius 2 is 1.58 bits per heavy atom. The van der Waals surface area contributed by atoms with Gasteiger partial charge in [-0.15, -0.1) is 0 Å². The number of anilines is 1. The number of rotatable bonds is 6. The minimum atomic E-state index is -0.664. The van der Waals surface area contributed by atoms with Crippen LogP contribution in [0.2, 0.25) is 5.02 Å². The predicted octanol–water partition coefficient (Wildman–Crippen LogP) is 3.74. The van der Waals surface area contributed by atoms with E-state index >= 15 is 0 Å². The van der Waals surface area contributed by atoms with Gasteiger partial charge in [0.25, 0.3) is 5.91 Å². The second-order valence-corrected chi connectivity index (χ2v) is 9.00. The summed E-state index contributed by atoms with van der Waals surface area (Å²) >= 11 is 5.81. The number of likely N-dealkylation sites (tertiary alicyclic amines) is 1. The number of amides is 2. The van der Waals surface area contributed by atoms with Crippen molar-refractivity contribution in [1.29, 1.82) is 0 Å². The van der Waals surface area contributed by atoms with E-state index in [9.17, 15) is 19.2 Å². The third-order valence-electron chi connectivity index (χ3n) is 6.24. The van der Waals surface area contributed by atoms with Crippen LogP contribution in [0.5, 0.6) is 0 Å². The molecule has 4 rings (SSSR count). The van der Waals surface area contributed by atoms with Gasteiger partial charge in [0.05, 0.1) is 23.7 Å². The van der Waals surface area contributed by atoms with Crippen molar-refractivity contribution in [2.24, 2.45) is 5.92 Å². The fraction of sp³-hybridized carbons (Fsp3) is 0.360. The summed E-state index contributed by atoms with van der Waals surface area (Å²) in [5.41, 5.74) is 1.04. The van der Waals surface area contributed by atoms with Crippen LogP contribution < -0.4 is 4.90 Å². The molecule has 8 heteroatoms. The number of carbonyl (C=O) groups excluding carboxylic acids is 4. The highest BCUT2D eigenvalue weighted by molar-refractivity contribution is 6.30. The maximum Gasteiger partial charge on any atom is 0.338 e. The molecule has 2 aromatic rings. The normalized spacial score (nSPS) is 19.7. The number of hydrogen-bond donors (Lipinski definition) is 0. The number of halogens is 1. The predicted molar refractivity (Wildman–Crippen MR) is 123 cm³/mol. The van der Waals surface area contributed by atoms with Gasteiger partial charge in [-0.05, 0) is 80.4 Å². The number of benzene rings is 2. The first kappa shape index (κ1) is 23.1. The van der Waals surface area contributed by atoms with Crippen LogP contribution in [0.25, 0.3) is 0 Å². The number of nitrogens with zero attached hydrogens (tertiary/aromatic N) is 2. The lowest BCUT2D eigenvalue weighted by Crippen LogP contribution is -2.45. The molecule has 172 valence electrons. The summed E-state index contributed by atoms with van der Waals surface area (Å²) in [6.07, 6.45) is 2.22. The average Bonchev–Trinajstić information content (AvgIpc) is 3.12. The Balaban J connectivity index is 1.36. The third kappa shape index (κ3) is 5.15. The molecule has 0 aliphatic carbocycles. The van der Waals surface area contributed by atoms with Gasteiger partial charge in [0.2, 0.25) is 5.91 Å². The van der Waals surface area contributed by atoms with Gasteiger partial charge in [0, 0.05) is 10.6 Å². The molecular formula is C25H25ClN2O5. The third-order valence-corrected chi connectivity index (χ3v) is 6.50. The van der Waals surface area contributed by atoms with Crippen molar-refractivity contribution >= 4 is 40.9 Å². The lowest BCUT2D eigenvalue weighted by Gasteiger charge is -2.33. The fourth-order valence-electron chi connectivity index (χ4n) is 4.19. The summed E-state index contributed by atoms with van der Waals surface area (Å²) in [7, 11) is 0. The smallest absolute Gasteiger partial charge is 0.338 e. The highest BCUT2D eigenvalue weighted by Crippen LogP contribution is 2.28. The molecule has 0 aromatic heterocycles. The Labute approximate surface area is 197 Å². The first-order valence-corrected chi connectivity index (χ1v) is 11.4. The van der Waals surface area contributed by atoms with Crippen molar-refractivity contribution < 1.29 is 23.9 Å². The van der Waals surface area contributed by atoms with E-state index in [1.54, 1.807) is 36.4 Å². The summed E-state index contributed by atoms with van der Waals surface area (Å²) in [6.45, 7) is 3.43. The van der Waals surface area contributed by atoms with E-state index in [0.29, 0.717) is 22.2 Å². The summed E-state index contributed by atoms with van der Waals surface area (Å²) < 4.78 is 5.11. The van der Waals surface area contributed by atoms with Gasteiger partial charge in [-0.3, -0.25) is 19.3 Å². The monoisotopic (exact) mass is 468 g/mol. The first-order chi connectivity index (χ1) is 15.8. The molecule has 1 unspecified atom stereocenters. The van der Waals surface area contributed by atoms with Crippen LogP contribution in [-0.4, -0.2) is 54.2 Å². The van der Waals surface area contributed by atoms with E-state index in [0.717, 1.165) is 25.9 Å². The molecule has 2 aliphatic heterocycles. The summed E-state index contributed by atoms with van der Waals surface area (Å²) in [4.78, 5) is 53.4. The molecule has 0 spiro atoms. The van der Waals surface area contributed by atoms with E-state index in [1.807, 2.05) is 0 Å². The minimum absolute atomic E-state index is 0.170. The van der Waals surface area contributed by atoms with Gasteiger partial charge < -0.3 is 4.74 Å². The van der Waals surface area contributed by atoms with Crippen LogP contribution in [-0.2, 0) is 14.3 Å². The van der Waals surface area contributed by atoms with E-state index in [1.165, 1.54) is 17.0 Å². The highest BCUT2D eigenvalue weighted by Gasteiger charge is 2.43. The van der Waals surface area contributed by atoms with Crippen molar-refractivity contribution in [1.82, 2.24) is 4.90 Å². The van der Waals surface area contributed by atoms with Gasteiger partial charge in [-0.25, -0.2) is 9.69 Å². The Bertz CT molecular complexity index is 1060. The quantitative estimate of drug-likeness (QED) is 0.365. The minimum Gasteiger partial charge on any atom is -0.454 e. The number of imide groups is 1. The van der Waals surface area contributed by atoms with E-state index in [4.69, 9.17) is 16.3 Å². The van der Waals surface area contributed by atoms with Crippen LogP contribution in [0.15, 0.2) is 48.5 Å². The second-order valence-electron chi connectivity index (χ2n) is 8.56. The lowest BCUT2D eigenvalue weighted by atomic mass is 9.97. The van der Waals surface area contributed by atoms with E-state index in [2.05, 4.69) is 11.8 Å². The highest BCUT2D eigenvalue weighted by atomic mass is 35.5. The van der Waals surface area contributed by atoms with Crippen molar-refractivity contribution in [3.63, 3.8) is 0 Å². The van der Waals surface area contributed by atoms with Gasteiger partial charge in [-0.1, -0.05) is 18.5 Å². The fourth-order valence-corrected chi connectivity index (χ4v) is 4.32. The molecule has 0 N–H and O–H groups in total. The van der Waals surface area contributed by atoms with Crippen LogP contribution in [0.4, 0.5) is 5.69 Å². The molecule has 33 heavy (non-hydrogen) atoms. The van der Waals surface area contributed by atoms with Crippen LogP contribution in [0, 0.1) is 5.92 Å². The number of carbonyl (C=O) groups is 4. The van der Waals surface area contributed by atoms with Gasteiger partial charge >= 0.3 is 5.97 Å². The number of ether oxygens (including phenoxy) is 1.